The molecule has 0 aliphatic carbocycles. The summed E-state index contributed by atoms with van der Waals surface area (Å²) in [6.07, 6.45) is 17.8. The molecule has 0 fully saturated rings. The molecule has 0 amide bonds. The van der Waals surface area contributed by atoms with Gasteiger partial charge in [-0.15, -0.1) is 0 Å². The van der Waals surface area contributed by atoms with Crippen molar-refractivity contribution >= 4 is 18.0 Å². The summed E-state index contributed by atoms with van der Waals surface area (Å²) in [5.41, 5.74) is 1.05. The van der Waals surface area contributed by atoms with Gasteiger partial charge in [0.25, 0.3) is 0 Å². The summed E-state index contributed by atoms with van der Waals surface area (Å²) in [7, 11) is 0. The SMILES string of the molecule is CCCCCCCCC/C=C/COC(=O)CCC(=O)OC/C=C/c1ccccc1. The van der Waals surface area contributed by atoms with Gasteiger partial charge in [0.05, 0.1) is 12.8 Å². The van der Waals surface area contributed by atoms with Gasteiger partial charge in [0.1, 0.15) is 13.2 Å². The number of ether oxygens (including phenoxy) is 2. The summed E-state index contributed by atoms with van der Waals surface area (Å²) in [5, 5.41) is 0. The zero-order valence-electron chi connectivity index (χ0n) is 17.8. The van der Waals surface area contributed by atoms with E-state index in [1.165, 1.54) is 44.9 Å². The van der Waals surface area contributed by atoms with Gasteiger partial charge in [0.15, 0.2) is 0 Å². The van der Waals surface area contributed by atoms with Crippen LogP contribution in [0.2, 0.25) is 0 Å². The quantitative estimate of drug-likeness (QED) is 0.187. The number of esters is 2. The molecule has 0 spiro atoms. The molecule has 29 heavy (non-hydrogen) atoms. The van der Waals surface area contributed by atoms with E-state index in [1.54, 1.807) is 6.08 Å². The molecule has 0 N–H and O–H groups in total. The number of carbonyl (C=O) groups is 2. The number of hydrogen-bond donors (Lipinski definition) is 0. The lowest BCUT2D eigenvalue weighted by Gasteiger charge is -2.03. The molecule has 0 saturated heterocycles. The summed E-state index contributed by atoms with van der Waals surface area (Å²) < 4.78 is 10.2. The first-order valence-corrected chi connectivity index (χ1v) is 10.9. The Balaban J connectivity index is 1.96. The highest BCUT2D eigenvalue weighted by molar-refractivity contribution is 5.77. The standard InChI is InChI=1S/C25H36O4/c1-2-3-4-5-6-7-8-9-10-14-21-28-24(26)19-20-25(27)29-22-15-18-23-16-12-11-13-17-23/h10-18H,2-9,19-22H2,1H3/b14-10+,18-15+. The number of unbranched alkanes of at least 4 members (excludes halogenated alkanes) is 7. The van der Waals surface area contributed by atoms with Crippen molar-refractivity contribution in [2.24, 2.45) is 0 Å². The number of benzene rings is 1. The Morgan fingerprint density at radius 3 is 2.00 bits per heavy atom. The van der Waals surface area contributed by atoms with Gasteiger partial charge in [0, 0.05) is 0 Å². The lowest BCUT2D eigenvalue weighted by atomic mass is 10.1. The summed E-state index contributed by atoms with van der Waals surface area (Å²) in [6, 6.07) is 9.78. The van der Waals surface area contributed by atoms with Crippen LogP contribution in [0.4, 0.5) is 0 Å². The maximum absolute atomic E-state index is 11.6. The maximum Gasteiger partial charge on any atom is 0.306 e. The monoisotopic (exact) mass is 400 g/mol. The maximum atomic E-state index is 11.6. The molecule has 0 saturated carbocycles. The van der Waals surface area contributed by atoms with E-state index in [4.69, 9.17) is 9.47 Å². The van der Waals surface area contributed by atoms with E-state index in [0.717, 1.165) is 12.0 Å². The summed E-state index contributed by atoms with van der Waals surface area (Å²) >= 11 is 0. The fourth-order valence-electron chi connectivity index (χ4n) is 2.78. The summed E-state index contributed by atoms with van der Waals surface area (Å²) in [6.45, 7) is 2.70. The largest absolute Gasteiger partial charge is 0.461 e. The van der Waals surface area contributed by atoms with Crippen molar-refractivity contribution in [3.8, 4) is 0 Å². The molecule has 0 bridgehead atoms. The molecule has 4 nitrogen and oxygen atoms in total. The smallest absolute Gasteiger partial charge is 0.306 e. The van der Waals surface area contributed by atoms with E-state index in [-0.39, 0.29) is 32.0 Å². The second-order valence-corrected chi connectivity index (χ2v) is 7.06. The van der Waals surface area contributed by atoms with E-state index in [9.17, 15) is 9.59 Å². The molecule has 0 atom stereocenters. The minimum absolute atomic E-state index is 0.0414. The normalized spacial score (nSPS) is 11.2. The molecular weight excluding hydrogens is 364 g/mol. The van der Waals surface area contributed by atoms with Gasteiger partial charge < -0.3 is 9.47 Å². The summed E-state index contributed by atoms with van der Waals surface area (Å²) in [4.78, 5) is 23.3. The number of allylic oxidation sites excluding steroid dienone is 1. The van der Waals surface area contributed by atoms with Crippen LogP contribution in [0, 0.1) is 0 Å². The fourth-order valence-corrected chi connectivity index (χ4v) is 2.78. The highest BCUT2D eigenvalue weighted by atomic mass is 16.5. The third-order valence-corrected chi connectivity index (χ3v) is 4.47. The Bertz CT molecular complexity index is 605. The Morgan fingerprint density at radius 2 is 1.34 bits per heavy atom. The Kier molecular flexibility index (Phi) is 15.1. The zero-order valence-corrected chi connectivity index (χ0v) is 17.8. The Hall–Kier alpha value is -2.36. The van der Waals surface area contributed by atoms with Crippen molar-refractivity contribution in [1.82, 2.24) is 0 Å². The second-order valence-electron chi connectivity index (χ2n) is 7.06. The van der Waals surface area contributed by atoms with Crippen molar-refractivity contribution < 1.29 is 19.1 Å². The van der Waals surface area contributed by atoms with Gasteiger partial charge in [0.2, 0.25) is 0 Å². The molecule has 0 aromatic heterocycles. The van der Waals surface area contributed by atoms with Crippen LogP contribution in [-0.2, 0) is 19.1 Å². The van der Waals surface area contributed by atoms with Crippen LogP contribution in [0.15, 0.2) is 48.6 Å². The van der Waals surface area contributed by atoms with Crippen LogP contribution in [0.1, 0.15) is 76.7 Å². The summed E-state index contributed by atoms with van der Waals surface area (Å²) in [5.74, 6) is -0.767. The minimum Gasteiger partial charge on any atom is -0.461 e. The Morgan fingerprint density at radius 1 is 0.759 bits per heavy atom. The predicted molar refractivity (Wildman–Crippen MR) is 118 cm³/mol. The molecule has 1 rings (SSSR count). The molecule has 0 aliphatic rings. The number of rotatable bonds is 16. The first-order valence-electron chi connectivity index (χ1n) is 10.9. The van der Waals surface area contributed by atoms with Gasteiger partial charge in [-0.25, -0.2) is 0 Å². The van der Waals surface area contributed by atoms with Crippen LogP contribution < -0.4 is 0 Å². The average Bonchev–Trinajstić information content (AvgIpc) is 2.74. The van der Waals surface area contributed by atoms with Crippen LogP contribution >= 0.6 is 0 Å². The molecular formula is C25H36O4. The van der Waals surface area contributed by atoms with Crippen molar-refractivity contribution in [2.45, 2.75) is 71.1 Å². The van der Waals surface area contributed by atoms with E-state index >= 15 is 0 Å². The molecule has 4 heteroatoms. The molecule has 0 heterocycles. The van der Waals surface area contributed by atoms with Crippen LogP contribution in [0.25, 0.3) is 6.08 Å². The van der Waals surface area contributed by atoms with E-state index in [1.807, 2.05) is 42.5 Å². The van der Waals surface area contributed by atoms with Crippen LogP contribution in [-0.4, -0.2) is 25.2 Å². The zero-order chi connectivity index (χ0) is 21.0. The molecule has 1 aromatic rings. The van der Waals surface area contributed by atoms with Gasteiger partial charge in [-0.2, -0.15) is 0 Å². The topological polar surface area (TPSA) is 52.6 Å². The highest BCUT2D eigenvalue weighted by Crippen LogP contribution is 2.08. The molecule has 0 aliphatic heterocycles. The third-order valence-electron chi connectivity index (χ3n) is 4.47. The van der Waals surface area contributed by atoms with Gasteiger partial charge in [-0.1, -0.05) is 94.0 Å². The Labute approximate surface area is 176 Å². The van der Waals surface area contributed by atoms with Crippen molar-refractivity contribution in [3.63, 3.8) is 0 Å². The number of carbonyl (C=O) groups excluding carboxylic acids is 2. The first-order chi connectivity index (χ1) is 14.2. The van der Waals surface area contributed by atoms with E-state index in [0.29, 0.717) is 0 Å². The van der Waals surface area contributed by atoms with Crippen LogP contribution in [0.5, 0.6) is 0 Å². The average molecular weight is 401 g/mol. The van der Waals surface area contributed by atoms with E-state index in [2.05, 4.69) is 13.0 Å². The molecule has 1 aromatic carbocycles. The van der Waals surface area contributed by atoms with Crippen molar-refractivity contribution in [1.29, 1.82) is 0 Å². The van der Waals surface area contributed by atoms with Crippen molar-refractivity contribution in [2.75, 3.05) is 13.2 Å². The third kappa shape index (κ3) is 15.3. The molecule has 0 unspecified atom stereocenters. The predicted octanol–water partition coefficient (Wildman–Crippen LogP) is 6.26. The van der Waals surface area contributed by atoms with Crippen molar-refractivity contribution in [3.05, 3.63) is 54.1 Å². The first kappa shape index (κ1) is 24.7. The van der Waals surface area contributed by atoms with E-state index < -0.39 is 5.97 Å². The molecule has 0 radical (unpaired) electrons. The van der Waals surface area contributed by atoms with Gasteiger partial charge in [-0.3, -0.25) is 9.59 Å². The minimum atomic E-state index is -0.394. The fraction of sp³-hybridized carbons (Fsp3) is 0.520. The second kappa shape index (κ2) is 17.7. The van der Waals surface area contributed by atoms with Gasteiger partial charge >= 0.3 is 11.9 Å². The van der Waals surface area contributed by atoms with Gasteiger partial charge in [-0.05, 0) is 24.5 Å². The lowest BCUT2D eigenvalue weighted by Crippen LogP contribution is -2.10. The lowest BCUT2D eigenvalue weighted by molar-refractivity contribution is -0.149. The number of hydrogen-bond acceptors (Lipinski definition) is 4. The highest BCUT2D eigenvalue weighted by Gasteiger charge is 2.07. The van der Waals surface area contributed by atoms with Crippen LogP contribution in [0.3, 0.4) is 0 Å². The molecule has 160 valence electrons.